The van der Waals surface area contributed by atoms with Gasteiger partial charge in [0, 0.05) is 0 Å². The van der Waals surface area contributed by atoms with Crippen molar-refractivity contribution in [2.45, 2.75) is 18.7 Å². The van der Waals surface area contributed by atoms with Gasteiger partial charge in [0.05, 0.1) is 22.2 Å². The van der Waals surface area contributed by atoms with Gasteiger partial charge in [0.2, 0.25) is 0 Å². The van der Waals surface area contributed by atoms with E-state index < -0.39 is 10.0 Å². The van der Waals surface area contributed by atoms with Gasteiger partial charge in [0.15, 0.2) is 0 Å². The summed E-state index contributed by atoms with van der Waals surface area (Å²) in [6, 6.07) is 10.3. The Morgan fingerprint density at radius 2 is 1.81 bits per heavy atom. The molecule has 0 amide bonds. The molecule has 0 fully saturated rings. The van der Waals surface area contributed by atoms with E-state index in [9.17, 15) is 8.42 Å². The van der Waals surface area contributed by atoms with Crippen LogP contribution in [0.25, 0.3) is 0 Å². The molecular weight excluding hydrogens is 354 g/mol. The van der Waals surface area contributed by atoms with Crippen LogP contribution in [0.1, 0.15) is 11.1 Å². The Labute approximate surface area is 133 Å². The van der Waals surface area contributed by atoms with Crippen molar-refractivity contribution in [3.8, 4) is 5.75 Å². The average Bonchev–Trinajstić information content (AvgIpc) is 2.42. The van der Waals surface area contributed by atoms with Crippen LogP contribution in [0.3, 0.4) is 0 Å². The predicted octanol–water partition coefficient (Wildman–Crippen LogP) is 3.88. The van der Waals surface area contributed by atoms with Gasteiger partial charge in [0.25, 0.3) is 10.0 Å². The van der Waals surface area contributed by atoms with Crippen LogP contribution in [0.5, 0.6) is 5.75 Å². The molecule has 0 atom stereocenters. The van der Waals surface area contributed by atoms with Gasteiger partial charge in [-0.15, -0.1) is 0 Å². The van der Waals surface area contributed by atoms with Gasteiger partial charge in [-0.05, 0) is 65.2 Å². The van der Waals surface area contributed by atoms with Crippen molar-refractivity contribution in [1.82, 2.24) is 0 Å². The number of anilines is 1. The molecule has 0 aromatic heterocycles. The fourth-order valence-electron chi connectivity index (χ4n) is 1.86. The third kappa shape index (κ3) is 3.57. The smallest absolute Gasteiger partial charge is 0.261 e. The maximum atomic E-state index is 12.4. The van der Waals surface area contributed by atoms with Crippen molar-refractivity contribution < 1.29 is 13.2 Å². The number of hydrogen-bond donors (Lipinski definition) is 1. The monoisotopic (exact) mass is 369 g/mol. The Hall–Kier alpha value is -1.53. The van der Waals surface area contributed by atoms with Crippen LogP contribution in [-0.4, -0.2) is 15.5 Å². The first-order valence-electron chi connectivity index (χ1n) is 6.27. The zero-order valence-electron chi connectivity index (χ0n) is 12.0. The Morgan fingerprint density at radius 3 is 2.43 bits per heavy atom. The summed E-state index contributed by atoms with van der Waals surface area (Å²) in [4.78, 5) is 0.177. The molecule has 0 saturated heterocycles. The quantitative estimate of drug-likeness (QED) is 0.889. The number of methoxy groups -OCH3 is 1. The second kappa shape index (κ2) is 6.07. The van der Waals surface area contributed by atoms with E-state index in [0.29, 0.717) is 15.9 Å². The van der Waals surface area contributed by atoms with Gasteiger partial charge in [-0.2, -0.15) is 0 Å². The summed E-state index contributed by atoms with van der Waals surface area (Å²) in [5.74, 6) is 0.584. The number of sulfonamides is 1. The normalized spacial score (nSPS) is 11.2. The summed E-state index contributed by atoms with van der Waals surface area (Å²) in [7, 11) is -2.11. The molecule has 2 aromatic rings. The molecule has 0 radical (unpaired) electrons. The third-order valence-corrected chi connectivity index (χ3v) is 5.05. The molecule has 0 aliphatic carbocycles. The summed E-state index contributed by atoms with van der Waals surface area (Å²) in [5, 5.41) is 0. The SMILES string of the molecule is COc1ccc(S(=O)(=O)Nc2cc(C)ccc2C)cc1Br. The van der Waals surface area contributed by atoms with Gasteiger partial charge < -0.3 is 4.74 Å². The maximum absolute atomic E-state index is 12.4. The number of hydrogen-bond acceptors (Lipinski definition) is 3. The van der Waals surface area contributed by atoms with Crippen LogP contribution in [0.2, 0.25) is 0 Å². The second-order valence-electron chi connectivity index (χ2n) is 4.72. The van der Waals surface area contributed by atoms with Crippen molar-refractivity contribution in [1.29, 1.82) is 0 Å². The fraction of sp³-hybridized carbons (Fsp3) is 0.200. The predicted molar refractivity (Wildman–Crippen MR) is 87.4 cm³/mol. The van der Waals surface area contributed by atoms with Crippen LogP contribution in [0.4, 0.5) is 5.69 Å². The minimum Gasteiger partial charge on any atom is -0.496 e. The highest BCUT2D eigenvalue weighted by molar-refractivity contribution is 9.10. The lowest BCUT2D eigenvalue weighted by Crippen LogP contribution is -2.14. The number of aryl methyl sites for hydroxylation is 2. The molecule has 0 saturated carbocycles. The summed E-state index contributed by atoms with van der Waals surface area (Å²) < 4.78 is 33.2. The number of benzene rings is 2. The van der Waals surface area contributed by atoms with E-state index in [1.165, 1.54) is 19.2 Å². The lowest BCUT2D eigenvalue weighted by atomic mass is 10.1. The van der Waals surface area contributed by atoms with Crippen LogP contribution >= 0.6 is 15.9 Å². The standard InChI is InChI=1S/C15H16BrNO3S/c1-10-4-5-11(2)14(8-10)17-21(18,19)12-6-7-15(20-3)13(16)9-12/h4-9,17H,1-3H3. The number of rotatable bonds is 4. The van der Waals surface area contributed by atoms with Crippen molar-refractivity contribution in [3.63, 3.8) is 0 Å². The highest BCUT2D eigenvalue weighted by Crippen LogP contribution is 2.28. The molecule has 0 aliphatic rings. The van der Waals surface area contributed by atoms with E-state index in [4.69, 9.17) is 4.74 Å². The zero-order chi connectivity index (χ0) is 15.6. The zero-order valence-corrected chi connectivity index (χ0v) is 14.4. The fourth-order valence-corrected chi connectivity index (χ4v) is 3.70. The Bertz CT molecular complexity index is 772. The molecule has 1 N–H and O–H groups in total. The molecule has 4 nitrogen and oxygen atoms in total. The maximum Gasteiger partial charge on any atom is 0.261 e. The minimum absolute atomic E-state index is 0.177. The lowest BCUT2D eigenvalue weighted by Gasteiger charge is -2.12. The summed E-state index contributed by atoms with van der Waals surface area (Å²) in [5.41, 5.74) is 2.45. The molecular formula is C15H16BrNO3S. The average molecular weight is 370 g/mol. The van der Waals surface area contributed by atoms with Gasteiger partial charge in [-0.1, -0.05) is 12.1 Å². The largest absolute Gasteiger partial charge is 0.496 e. The molecule has 6 heteroatoms. The lowest BCUT2D eigenvalue weighted by molar-refractivity contribution is 0.411. The van der Waals surface area contributed by atoms with E-state index in [1.807, 2.05) is 32.0 Å². The molecule has 0 unspecified atom stereocenters. The first-order valence-corrected chi connectivity index (χ1v) is 8.55. The number of ether oxygens (including phenoxy) is 1. The van der Waals surface area contributed by atoms with Crippen LogP contribution in [0, 0.1) is 13.8 Å². The van der Waals surface area contributed by atoms with Gasteiger partial charge in [0.1, 0.15) is 5.75 Å². The highest BCUT2D eigenvalue weighted by Gasteiger charge is 2.17. The first kappa shape index (κ1) is 15.9. The van der Waals surface area contributed by atoms with E-state index in [1.54, 1.807) is 6.07 Å². The molecule has 0 spiro atoms. The minimum atomic E-state index is -3.64. The molecule has 21 heavy (non-hydrogen) atoms. The van der Waals surface area contributed by atoms with Gasteiger partial charge in [-0.3, -0.25) is 4.72 Å². The summed E-state index contributed by atoms with van der Waals surface area (Å²) in [6.07, 6.45) is 0. The Kier molecular flexibility index (Phi) is 4.58. The van der Waals surface area contributed by atoms with Crippen molar-refractivity contribution in [2.24, 2.45) is 0 Å². The molecule has 2 rings (SSSR count). The van der Waals surface area contributed by atoms with Crippen LogP contribution in [-0.2, 0) is 10.0 Å². The number of halogens is 1. The van der Waals surface area contributed by atoms with Gasteiger partial charge in [-0.25, -0.2) is 8.42 Å². The Balaban J connectivity index is 2.38. The topological polar surface area (TPSA) is 55.4 Å². The number of nitrogens with one attached hydrogen (secondary N) is 1. The van der Waals surface area contributed by atoms with E-state index in [0.717, 1.165) is 11.1 Å². The van der Waals surface area contributed by atoms with Crippen LogP contribution < -0.4 is 9.46 Å². The van der Waals surface area contributed by atoms with Crippen molar-refractivity contribution in [3.05, 3.63) is 52.0 Å². The van der Waals surface area contributed by atoms with E-state index >= 15 is 0 Å². The third-order valence-electron chi connectivity index (χ3n) is 3.07. The van der Waals surface area contributed by atoms with E-state index in [2.05, 4.69) is 20.7 Å². The molecule has 0 heterocycles. The van der Waals surface area contributed by atoms with Crippen molar-refractivity contribution in [2.75, 3.05) is 11.8 Å². The Morgan fingerprint density at radius 1 is 1.10 bits per heavy atom. The molecule has 0 bridgehead atoms. The summed E-state index contributed by atoms with van der Waals surface area (Å²) in [6.45, 7) is 3.78. The van der Waals surface area contributed by atoms with Crippen molar-refractivity contribution >= 4 is 31.6 Å². The van der Waals surface area contributed by atoms with Gasteiger partial charge >= 0.3 is 0 Å². The molecule has 112 valence electrons. The first-order chi connectivity index (χ1) is 9.83. The highest BCUT2D eigenvalue weighted by atomic mass is 79.9. The molecule has 0 aliphatic heterocycles. The molecule has 2 aromatic carbocycles. The second-order valence-corrected chi connectivity index (χ2v) is 7.26. The van der Waals surface area contributed by atoms with E-state index in [-0.39, 0.29) is 4.90 Å². The summed E-state index contributed by atoms with van der Waals surface area (Å²) >= 11 is 3.29. The van der Waals surface area contributed by atoms with Crippen LogP contribution in [0.15, 0.2) is 45.8 Å².